The van der Waals surface area contributed by atoms with Crippen LogP contribution >= 0.6 is 0 Å². The van der Waals surface area contributed by atoms with Crippen molar-refractivity contribution in [3.05, 3.63) is 65.5 Å². The van der Waals surface area contributed by atoms with E-state index >= 15 is 0 Å². The number of anilines is 1. The van der Waals surface area contributed by atoms with Crippen molar-refractivity contribution in [1.29, 1.82) is 0 Å². The quantitative estimate of drug-likeness (QED) is 0.791. The van der Waals surface area contributed by atoms with Crippen LogP contribution in [-0.2, 0) is 11.2 Å². The van der Waals surface area contributed by atoms with Crippen LogP contribution in [0.5, 0.6) is 0 Å². The van der Waals surface area contributed by atoms with E-state index in [1.165, 1.54) is 6.07 Å². The van der Waals surface area contributed by atoms with Gasteiger partial charge in [0.1, 0.15) is 0 Å². The molecule has 1 aliphatic rings. The van der Waals surface area contributed by atoms with Gasteiger partial charge < -0.3 is 9.80 Å². The number of carbonyl (C=O) groups excluding carboxylic acids is 1. The topological polar surface area (TPSA) is 23.6 Å². The number of aryl methyl sites for hydroxylation is 1. The molecule has 1 amide bonds. The number of carbonyl (C=O) groups is 1. The molecular weight excluding hydrogens is 329 g/mol. The molecule has 2 aromatic carbocycles. The molecule has 3 rings (SSSR count). The van der Waals surface area contributed by atoms with Crippen molar-refractivity contribution in [1.82, 2.24) is 4.90 Å². The first-order valence-electron chi connectivity index (χ1n) is 8.26. The van der Waals surface area contributed by atoms with Gasteiger partial charge in [0.25, 0.3) is 0 Å². The van der Waals surface area contributed by atoms with Gasteiger partial charge in [-0.15, -0.1) is 0 Å². The maximum atomic E-state index is 13.9. The number of halogens is 3. The van der Waals surface area contributed by atoms with Crippen molar-refractivity contribution in [2.24, 2.45) is 0 Å². The van der Waals surface area contributed by atoms with E-state index in [-0.39, 0.29) is 11.6 Å². The highest BCUT2D eigenvalue weighted by Gasteiger charge is 2.24. The van der Waals surface area contributed by atoms with E-state index in [1.54, 1.807) is 9.80 Å². The standard InChI is InChI=1S/C19H19F3N2O/c20-15-7-8-16(19(22)18(15)21)23-10-12-24(13-11-23)17(25)9-6-14-4-2-1-3-5-14/h1-5,7-8H,6,9-13H2. The Morgan fingerprint density at radius 3 is 2.24 bits per heavy atom. The Bertz CT molecular complexity index is 744. The average Bonchev–Trinajstić information content (AvgIpc) is 2.65. The Hall–Kier alpha value is -2.50. The van der Waals surface area contributed by atoms with Crippen LogP contribution in [-0.4, -0.2) is 37.0 Å². The Labute approximate surface area is 144 Å². The molecular formula is C19H19F3N2O. The maximum Gasteiger partial charge on any atom is 0.223 e. The fourth-order valence-corrected chi connectivity index (χ4v) is 3.01. The van der Waals surface area contributed by atoms with Crippen LogP contribution in [0.4, 0.5) is 18.9 Å². The number of amides is 1. The molecule has 0 saturated carbocycles. The lowest BCUT2D eigenvalue weighted by atomic mass is 10.1. The molecule has 3 nitrogen and oxygen atoms in total. The second kappa shape index (κ2) is 7.59. The Morgan fingerprint density at radius 2 is 1.56 bits per heavy atom. The highest BCUT2D eigenvalue weighted by Crippen LogP contribution is 2.24. The van der Waals surface area contributed by atoms with E-state index in [9.17, 15) is 18.0 Å². The normalized spacial score (nSPS) is 14.7. The van der Waals surface area contributed by atoms with Crippen molar-refractivity contribution in [2.45, 2.75) is 12.8 Å². The molecule has 2 aromatic rings. The highest BCUT2D eigenvalue weighted by molar-refractivity contribution is 5.76. The summed E-state index contributed by atoms with van der Waals surface area (Å²) in [5, 5.41) is 0. The van der Waals surface area contributed by atoms with Crippen molar-refractivity contribution in [2.75, 3.05) is 31.1 Å². The molecule has 0 unspecified atom stereocenters. The summed E-state index contributed by atoms with van der Waals surface area (Å²) in [5.41, 5.74) is 1.15. The molecule has 1 saturated heterocycles. The number of rotatable bonds is 4. The molecule has 25 heavy (non-hydrogen) atoms. The lowest BCUT2D eigenvalue weighted by Crippen LogP contribution is -2.49. The SMILES string of the molecule is O=C(CCc1ccccc1)N1CCN(c2ccc(F)c(F)c2F)CC1. The number of hydrogen-bond acceptors (Lipinski definition) is 2. The zero-order chi connectivity index (χ0) is 17.8. The van der Waals surface area contributed by atoms with Crippen molar-refractivity contribution >= 4 is 11.6 Å². The first-order chi connectivity index (χ1) is 12.1. The van der Waals surface area contributed by atoms with Crippen LogP contribution in [0.3, 0.4) is 0 Å². The van der Waals surface area contributed by atoms with Gasteiger partial charge in [0, 0.05) is 32.6 Å². The van der Waals surface area contributed by atoms with Gasteiger partial charge in [0.05, 0.1) is 5.69 Å². The molecule has 132 valence electrons. The Kier molecular flexibility index (Phi) is 5.26. The van der Waals surface area contributed by atoms with Crippen molar-refractivity contribution < 1.29 is 18.0 Å². The number of nitrogens with zero attached hydrogens (tertiary/aromatic N) is 2. The summed E-state index contributed by atoms with van der Waals surface area (Å²) in [6, 6.07) is 11.9. The summed E-state index contributed by atoms with van der Waals surface area (Å²) in [6.45, 7) is 1.65. The molecule has 0 bridgehead atoms. The summed E-state index contributed by atoms with van der Waals surface area (Å²) < 4.78 is 40.3. The average molecular weight is 348 g/mol. The van der Waals surface area contributed by atoms with E-state index in [0.29, 0.717) is 39.0 Å². The van der Waals surface area contributed by atoms with E-state index in [4.69, 9.17) is 0 Å². The minimum absolute atomic E-state index is 0.0373. The van der Waals surface area contributed by atoms with Gasteiger partial charge in [-0.2, -0.15) is 0 Å². The molecule has 0 aliphatic carbocycles. The molecule has 0 radical (unpaired) electrons. The molecule has 1 aliphatic heterocycles. The van der Waals surface area contributed by atoms with Gasteiger partial charge in [-0.1, -0.05) is 30.3 Å². The molecule has 1 fully saturated rings. The van der Waals surface area contributed by atoms with Crippen LogP contribution in [0.25, 0.3) is 0 Å². The monoisotopic (exact) mass is 348 g/mol. The van der Waals surface area contributed by atoms with Gasteiger partial charge in [-0.3, -0.25) is 4.79 Å². The van der Waals surface area contributed by atoms with E-state index in [2.05, 4.69) is 0 Å². The van der Waals surface area contributed by atoms with Crippen LogP contribution in [0.1, 0.15) is 12.0 Å². The van der Waals surface area contributed by atoms with E-state index in [0.717, 1.165) is 11.6 Å². The van der Waals surface area contributed by atoms with E-state index in [1.807, 2.05) is 30.3 Å². The van der Waals surface area contributed by atoms with Gasteiger partial charge in [-0.05, 0) is 24.1 Å². The van der Waals surface area contributed by atoms with Crippen LogP contribution in [0.2, 0.25) is 0 Å². The summed E-state index contributed by atoms with van der Waals surface area (Å²) in [6.07, 6.45) is 1.10. The summed E-state index contributed by atoms with van der Waals surface area (Å²) >= 11 is 0. The number of piperazine rings is 1. The highest BCUT2D eigenvalue weighted by atomic mass is 19.2. The number of hydrogen-bond donors (Lipinski definition) is 0. The van der Waals surface area contributed by atoms with Gasteiger partial charge in [0.15, 0.2) is 17.5 Å². The maximum absolute atomic E-state index is 13.9. The Morgan fingerprint density at radius 1 is 0.880 bits per heavy atom. The van der Waals surface area contributed by atoms with Crippen molar-refractivity contribution in [3.8, 4) is 0 Å². The lowest BCUT2D eigenvalue weighted by Gasteiger charge is -2.36. The number of benzene rings is 2. The third-order valence-electron chi connectivity index (χ3n) is 4.46. The molecule has 0 aromatic heterocycles. The summed E-state index contributed by atoms with van der Waals surface area (Å²) in [5.74, 6) is -3.78. The van der Waals surface area contributed by atoms with Crippen LogP contribution in [0.15, 0.2) is 42.5 Å². The molecule has 0 atom stereocenters. The minimum Gasteiger partial charge on any atom is -0.366 e. The fraction of sp³-hybridized carbons (Fsp3) is 0.316. The van der Waals surface area contributed by atoms with Crippen molar-refractivity contribution in [3.63, 3.8) is 0 Å². The fourth-order valence-electron chi connectivity index (χ4n) is 3.01. The first-order valence-corrected chi connectivity index (χ1v) is 8.26. The zero-order valence-electron chi connectivity index (χ0n) is 13.7. The van der Waals surface area contributed by atoms with Crippen LogP contribution < -0.4 is 4.90 Å². The molecule has 0 N–H and O–H groups in total. The van der Waals surface area contributed by atoms with Gasteiger partial charge in [-0.25, -0.2) is 13.2 Å². The second-order valence-corrected chi connectivity index (χ2v) is 6.05. The van der Waals surface area contributed by atoms with E-state index < -0.39 is 17.5 Å². The third kappa shape index (κ3) is 3.95. The van der Waals surface area contributed by atoms with Gasteiger partial charge >= 0.3 is 0 Å². The predicted molar refractivity (Wildman–Crippen MR) is 89.9 cm³/mol. The smallest absolute Gasteiger partial charge is 0.223 e. The van der Waals surface area contributed by atoms with Crippen LogP contribution in [0, 0.1) is 17.5 Å². The Balaban J connectivity index is 1.55. The molecule has 0 spiro atoms. The molecule has 6 heteroatoms. The minimum atomic E-state index is -1.46. The second-order valence-electron chi connectivity index (χ2n) is 6.05. The predicted octanol–water partition coefficient (Wildman–Crippen LogP) is 3.39. The molecule has 1 heterocycles. The summed E-state index contributed by atoms with van der Waals surface area (Å²) in [7, 11) is 0. The largest absolute Gasteiger partial charge is 0.366 e. The summed E-state index contributed by atoms with van der Waals surface area (Å²) in [4.78, 5) is 15.7. The first kappa shape index (κ1) is 17.3. The lowest BCUT2D eigenvalue weighted by molar-refractivity contribution is -0.131. The van der Waals surface area contributed by atoms with Gasteiger partial charge in [0.2, 0.25) is 5.91 Å². The zero-order valence-corrected chi connectivity index (χ0v) is 13.7. The third-order valence-corrected chi connectivity index (χ3v) is 4.46.